The molecule has 0 amide bonds. The Balaban J connectivity index is 0.981. The van der Waals surface area contributed by atoms with Gasteiger partial charge in [0.1, 0.15) is 12.2 Å². The maximum absolute atomic E-state index is 11.9. The Bertz CT molecular complexity index is 1400. The molecule has 0 saturated carbocycles. The van der Waals surface area contributed by atoms with E-state index in [2.05, 4.69) is 43.3 Å². The third kappa shape index (κ3) is 29.4. The van der Waals surface area contributed by atoms with Crippen LogP contribution in [0.25, 0.3) is 0 Å². The van der Waals surface area contributed by atoms with E-state index in [0.29, 0.717) is 132 Å². The topological polar surface area (TPSA) is 119 Å². The van der Waals surface area contributed by atoms with Gasteiger partial charge in [-0.2, -0.15) is 0 Å². The van der Waals surface area contributed by atoms with Gasteiger partial charge in [-0.05, 0) is 23.1 Å². The SMILES string of the molecule is CCCCCCCCCCCCCCCC(=O)OCCOCCOCCOCCOCCOCCOCCOCCOCCOCCOC(c1ccccc1)(c1ccccc1)c1ccccc1. The molecule has 3 rings (SSSR count). The van der Waals surface area contributed by atoms with E-state index in [9.17, 15) is 4.79 Å². The zero-order valence-electron chi connectivity index (χ0n) is 41.1. The predicted molar refractivity (Wildman–Crippen MR) is 264 cm³/mol. The lowest BCUT2D eigenvalue weighted by molar-refractivity contribution is -0.145. The van der Waals surface area contributed by atoms with Crippen LogP contribution in [0.3, 0.4) is 0 Å². The fourth-order valence-electron chi connectivity index (χ4n) is 7.46. The van der Waals surface area contributed by atoms with Crippen LogP contribution >= 0.6 is 0 Å². The van der Waals surface area contributed by atoms with Crippen molar-refractivity contribution >= 4 is 5.97 Å². The number of hydrogen-bond acceptors (Lipinski definition) is 12. The molecule has 3 aromatic rings. The fraction of sp³-hybridized carbons (Fsp3) is 0.655. The third-order valence-electron chi connectivity index (χ3n) is 11.0. The summed E-state index contributed by atoms with van der Waals surface area (Å²) >= 11 is 0. The van der Waals surface area contributed by atoms with Gasteiger partial charge in [-0.25, -0.2) is 0 Å². The van der Waals surface area contributed by atoms with Crippen LogP contribution in [0.15, 0.2) is 91.0 Å². The van der Waals surface area contributed by atoms with Crippen molar-refractivity contribution in [3.05, 3.63) is 108 Å². The second-order valence-corrected chi connectivity index (χ2v) is 16.4. The smallest absolute Gasteiger partial charge is 0.305 e. The summed E-state index contributed by atoms with van der Waals surface area (Å²) in [4.78, 5) is 11.9. The molecule has 0 aliphatic rings. The molecule has 3 aromatic carbocycles. The average Bonchev–Trinajstić information content (AvgIpc) is 3.36. The Kier molecular flexibility index (Phi) is 37.1. The van der Waals surface area contributed by atoms with E-state index in [0.717, 1.165) is 29.5 Å². The first-order valence-corrected chi connectivity index (χ1v) is 25.4. The summed E-state index contributed by atoms with van der Waals surface area (Å²) in [6, 6.07) is 31.0. The standard InChI is InChI=1S/C55H86O12/c1-2-3-4-5-6-7-8-9-10-11-12-13-23-30-54(56)66-49-47-64-45-43-62-41-39-60-37-35-58-33-31-57-32-34-59-36-38-61-40-42-63-44-46-65-48-50-67-55(51-24-17-14-18-25-51,52-26-19-15-20-27-52)53-28-21-16-22-29-53/h14-22,24-29H,2-13,23,30-50H2,1H3. The number of unbranched alkanes of at least 4 members (excludes halogenated alkanes) is 12. The highest BCUT2D eigenvalue weighted by Crippen LogP contribution is 2.40. The first-order chi connectivity index (χ1) is 33.3. The van der Waals surface area contributed by atoms with Crippen LogP contribution in [0.4, 0.5) is 0 Å². The summed E-state index contributed by atoms with van der Waals surface area (Å²) in [5.41, 5.74) is 2.44. The molecule has 0 bridgehead atoms. The van der Waals surface area contributed by atoms with E-state index in [-0.39, 0.29) is 12.6 Å². The van der Waals surface area contributed by atoms with Crippen molar-refractivity contribution in [1.82, 2.24) is 0 Å². The number of esters is 1. The Labute approximate surface area is 403 Å². The zero-order valence-corrected chi connectivity index (χ0v) is 41.1. The molecule has 0 unspecified atom stereocenters. The minimum absolute atomic E-state index is 0.133. The summed E-state index contributed by atoms with van der Waals surface area (Å²) in [6.07, 6.45) is 17.3. The average molecular weight is 939 g/mol. The number of carbonyl (C=O) groups is 1. The molecule has 12 heteroatoms. The molecular weight excluding hydrogens is 853 g/mol. The molecule has 0 atom stereocenters. The van der Waals surface area contributed by atoms with Crippen LogP contribution in [0.2, 0.25) is 0 Å². The largest absolute Gasteiger partial charge is 0.463 e. The van der Waals surface area contributed by atoms with Crippen molar-refractivity contribution in [3.63, 3.8) is 0 Å². The highest BCUT2D eigenvalue weighted by Gasteiger charge is 2.37. The summed E-state index contributed by atoms with van der Waals surface area (Å²) in [7, 11) is 0. The van der Waals surface area contributed by atoms with Crippen LogP contribution in [-0.2, 0) is 62.5 Å². The molecule has 12 nitrogen and oxygen atoms in total. The zero-order chi connectivity index (χ0) is 47.2. The second-order valence-electron chi connectivity index (χ2n) is 16.4. The lowest BCUT2D eigenvalue weighted by Gasteiger charge is -2.36. The molecule has 0 spiro atoms. The van der Waals surface area contributed by atoms with Gasteiger partial charge in [0.25, 0.3) is 0 Å². The van der Waals surface area contributed by atoms with Crippen molar-refractivity contribution in [1.29, 1.82) is 0 Å². The van der Waals surface area contributed by atoms with Gasteiger partial charge >= 0.3 is 5.97 Å². The molecule has 67 heavy (non-hydrogen) atoms. The van der Waals surface area contributed by atoms with E-state index in [1.807, 2.05) is 54.6 Å². The Morgan fingerprint density at radius 1 is 0.328 bits per heavy atom. The molecule has 0 radical (unpaired) electrons. The van der Waals surface area contributed by atoms with Crippen LogP contribution in [0.5, 0.6) is 0 Å². The van der Waals surface area contributed by atoms with Crippen molar-refractivity contribution in [2.45, 2.75) is 102 Å². The van der Waals surface area contributed by atoms with Crippen molar-refractivity contribution in [2.24, 2.45) is 0 Å². The molecular formula is C55H86O12. The van der Waals surface area contributed by atoms with E-state index >= 15 is 0 Å². The Morgan fingerprint density at radius 2 is 0.582 bits per heavy atom. The van der Waals surface area contributed by atoms with E-state index in [1.165, 1.54) is 70.6 Å². The summed E-state index contributed by atoms with van der Waals surface area (Å²) < 4.78 is 62.4. The molecule has 0 aromatic heterocycles. The molecule has 0 N–H and O–H groups in total. The summed E-state index contributed by atoms with van der Waals surface area (Å²) in [5.74, 6) is -0.133. The normalized spacial score (nSPS) is 11.7. The minimum atomic E-state index is -0.756. The first-order valence-electron chi connectivity index (χ1n) is 25.4. The van der Waals surface area contributed by atoms with Crippen molar-refractivity contribution in [2.75, 3.05) is 132 Å². The Morgan fingerprint density at radius 3 is 0.881 bits per heavy atom. The maximum atomic E-state index is 11.9. The quantitative estimate of drug-likeness (QED) is 0.0305. The van der Waals surface area contributed by atoms with Crippen LogP contribution < -0.4 is 0 Å². The molecule has 0 aliphatic heterocycles. The lowest BCUT2D eigenvalue weighted by atomic mass is 9.80. The van der Waals surface area contributed by atoms with Crippen molar-refractivity contribution < 1.29 is 56.9 Å². The number of hydrogen-bond donors (Lipinski definition) is 0. The van der Waals surface area contributed by atoms with Gasteiger partial charge in [0.05, 0.1) is 126 Å². The monoisotopic (exact) mass is 939 g/mol. The molecule has 0 saturated heterocycles. The van der Waals surface area contributed by atoms with E-state index in [4.69, 9.17) is 52.1 Å². The van der Waals surface area contributed by atoms with E-state index in [1.54, 1.807) is 0 Å². The van der Waals surface area contributed by atoms with Crippen molar-refractivity contribution in [3.8, 4) is 0 Å². The highest BCUT2D eigenvalue weighted by molar-refractivity contribution is 5.69. The highest BCUT2D eigenvalue weighted by atomic mass is 16.6. The summed E-state index contributed by atoms with van der Waals surface area (Å²) in [5, 5.41) is 0. The number of carbonyl (C=O) groups excluding carboxylic acids is 1. The first kappa shape index (κ1) is 58.0. The predicted octanol–water partition coefficient (Wildman–Crippen LogP) is 10.2. The minimum Gasteiger partial charge on any atom is -0.463 e. The molecule has 378 valence electrons. The third-order valence-corrected chi connectivity index (χ3v) is 11.0. The van der Waals surface area contributed by atoms with Crippen LogP contribution in [-0.4, -0.2) is 138 Å². The molecule has 0 aliphatic carbocycles. The lowest BCUT2D eigenvalue weighted by Crippen LogP contribution is -2.34. The maximum Gasteiger partial charge on any atom is 0.305 e. The van der Waals surface area contributed by atoms with Crippen LogP contribution in [0, 0.1) is 0 Å². The summed E-state index contributed by atoms with van der Waals surface area (Å²) in [6.45, 7) is 11.5. The number of ether oxygens (including phenoxy) is 11. The van der Waals surface area contributed by atoms with Gasteiger partial charge in [-0.15, -0.1) is 0 Å². The van der Waals surface area contributed by atoms with Gasteiger partial charge < -0.3 is 52.1 Å². The van der Waals surface area contributed by atoms with Gasteiger partial charge in [-0.3, -0.25) is 4.79 Å². The van der Waals surface area contributed by atoms with Gasteiger partial charge in [0.2, 0.25) is 0 Å². The number of rotatable bonds is 48. The molecule has 0 fully saturated rings. The Hall–Kier alpha value is -3.27. The van der Waals surface area contributed by atoms with E-state index < -0.39 is 5.60 Å². The second kappa shape index (κ2) is 42.8. The van der Waals surface area contributed by atoms with Gasteiger partial charge in [0, 0.05) is 6.42 Å². The fourth-order valence-corrected chi connectivity index (χ4v) is 7.46. The number of benzene rings is 3. The van der Waals surface area contributed by atoms with Gasteiger partial charge in [-0.1, -0.05) is 175 Å². The van der Waals surface area contributed by atoms with Crippen LogP contribution in [0.1, 0.15) is 114 Å². The molecule has 0 heterocycles. The van der Waals surface area contributed by atoms with Gasteiger partial charge in [0.15, 0.2) is 0 Å².